The highest BCUT2D eigenvalue weighted by Gasteiger charge is 2.11. The Balaban J connectivity index is 3.00. The van der Waals surface area contributed by atoms with Crippen molar-refractivity contribution in [1.82, 2.24) is 4.57 Å². The lowest BCUT2D eigenvalue weighted by molar-refractivity contribution is 0.0999. The van der Waals surface area contributed by atoms with E-state index in [0.29, 0.717) is 10.9 Å². The van der Waals surface area contributed by atoms with Crippen LogP contribution in [-0.2, 0) is 0 Å². The van der Waals surface area contributed by atoms with Crippen molar-refractivity contribution >= 4 is 23.0 Å². The summed E-state index contributed by atoms with van der Waals surface area (Å²) >= 11 is 0. The highest BCUT2D eigenvalue weighted by Crippen LogP contribution is 2.11. The van der Waals surface area contributed by atoms with Crippen molar-refractivity contribution in [3.05, 3.63) is 52.8 Å². The Labute approximate surface area is 91.6 Å². The van der Waals surface area contributed by atoms with Gasteiger partial charge in [-0.15, -0.1) is 0 Å². The summed E-state index contributed by atoms with van der Waals surface area (Å²) in [5.41, 5.74) is 5.47. The van der Waals surface area contributed by atoms with E-state index in [4.69, 9.17) is 5.73 Å². The average Bonchev–Trinajstić information content (AvgIpc) is 2.29. The quantitative estimate of drug-likeness (QED) is 0.816. The van der Waals surface area contributed by atoms with Crippen molar-refractivity contribution < 1.29 is 4.79 Å². The number of primary amides is 1. The topological polar surface area (TPSA) is 65.1 Å². The first-order chi connectivity index (χ1) is 7.65. The minimum Gasteiger partial charge on any atom is -0.365 e. The van der Waals surface area contributed by atoms with E-state index in [1.807, 2.05) is 6.07 Å². The van der Waals surface area contributed by atoms with Gasteiger partial charge in [-0.3, -0.25) is 9.59 Å². The summed E-state index contributed by atoms with van der Waals surface area (Å²) in [5.74, 6) is -0.730. The molecule has 0 fully saturated rings. The number of carbonyl (C=O) groups excluding carboxylic acids is 1. The Bertz CT molecular complexity index is 641. The fraction of sp³-hybridized carbons (Fsp3) is 0. The largest absolute Gasteiger partial charge is 0.365 e. The van der Waals surface area contributed by atoms with Crippen LogP contribution in [0.1, 0.15) is 10.4 Å². The average molecular weight is 214 g/mol. The van der Waals surface area contributed by atoms with Crippen molar-refractivity contribution in [2.45, 2.75) is 0 Å². The molecule has 1 heterocycles. The van der Waals surface area contributed by atoms with Gasteiger partial charge in [-0.2, -0.15) is 0 Å². The van der Waals surface area contributed by atoms with Crippen LogP contribution in [0.3, 0.4) is 0 Å². The summed E-state index contributed by atoms with van der Waals surface area (Å²) in [4.78, 5) is 23.0. The molecule has 0 atom stereocenters. The molecule has 1 aromatic carbocycles. The number of benzene rings is 1. The monoisotopic (exact) mass is 214 g/mol. The highest BCUT2D eigenvalue weighted by atomic mass is 16.2. The molecule has 0 aliphatic rings. The lowest BCUT2D eigenvalue weighted by Crippen LogP contribution is -2.23. The maximum absolute atomic E-state index is 11.9. The second kappa shape index (κ2) is 3.66. The van der Waals surface area contributed by atoms with Gasteiger partial charge in [-0.1, -0.05) is 18.7 Å². The summed E-state index contributed by atoms with van der Waals surface area (Å²) in [6.45, 7) is 3.62. The Morgan fingerprint density at radius 2 is 2.06 bits per heavy atom. The minimum absolute atomic E-state index is 0.0291. The third-order valence-corrected chi connectivity index (χ3v) is 2.40. The third kappa shape index (κ3) is 1.40. The Morgan fingerprint density at radius 3 is 2.69 bits per heavy atom. The molecule has 4 heteroatoms. The normalized spacial score (nSPS) is 10.2. The molecule has 80 valence electrons. The molecule has 2 aromatic rings. The number of fused-ring (bicyclic) bond motifs is 1. The Morgan fingerprint density at radius 1 is 1.38 bits per heavy atom. The van der Waals surface area contributed by atoms with E-state index in [1.165, 1.54) is 12.4 Å². The maximum atomic E-state index is 11.9. The van der Waals surface area contributed by atoms with E-state index in [9.17, 15) is 9.59 Å². The van der Waals surface area contributed by atoms with E-state index < -0.39 is 5.91 Å². The zero-order valence-electron chi connectivity index (χ0n) is 8.51. The number of nitrogens with zero attached hydrogens (tertiary/aromatic N) is 1. The van der Waals surface area contributed by atoms with Crippen molar-refractivity contribution in [3.63, 3.8) is 0 Å². The molecular formula is C12H10N2O2. The molecule has 0 unspecified atom stereocenters. The first-order valence-electron chi connectivity index (χ1n) is 4.71. The van der Waals surface area contributed by atoms with E-state index in [0.717, 1.165) is 0 Å². The van der Waals surface area contributed by atoms with E-state index in [-0.39, 0.29) is 11.0 Å². The molecule has 1 aromatic heterocycles. The van der Waals surface area contributed by atoms with Crippen LogP contribution in [0.2, 0.25) is 0 Å². The number of pyridine rings is 1. The summed E-state index contributed by atoms with van der Waals surface area (Å²) in [7, 11) is 0. The van der Waals surface area contributed by atoms with E-state index >= 15 is 0 Å². The van der Waals surface area contributed by atoms with Crippen LogP contribution in [0.5, 0.6) is 0 Å². The fourth-order valence-corrected chi connectivity index (χ4v) is 1.63. The summed E-state index contributed by atoms with van der Waals surface area (Å²) in [5, 5.41) is 0.457. The van der Waals surface area contributed by atoms with Gasteiger partial charge in [-0.05, 0) is 12.1 Å². The second-order valence-corrected chi connectivity index (χ2v) is 3.34. The molecule has 0 saturated heterocycles. The molecule has 0 aliphatic carbocycles. The molecule has 2 rings (SSSR count). The molecule has 0 radical (unpaired) electrons. The third-order valence-electron chi connectivity index (χ3n) is 2.40. The molecule has 0 aliphatic heterocycles. The van der Waals surface area contributed by atoms with Crippen LogP contribution < -0.4 is 11.2 Å². The Hall–Kier alpha value is -2.36. The maximum Gasteiger partial charge on any atom is 0.254 e. The van der Waals surface area contributed by atoms with Crippen molar-refractivity contribution in [3.8, 4) is 0 Å². The molecule has 0 spiro atoms. The lowest BCUT2D eigenvalue weighted by Gasteiger charge is -2.07. The van der Waals surface area contributed by atoms with E-state index in [1.54, 1.807) is 22.8 Å². The molecule has 0 saturated carbocycles. The predicted octanol–water partition coefficient (Wildman–Crippen LogP) is 1.20. The van der Waals surface area contributed by atoms with Crippen LogP contribution in [0.15, 0.2) is 41.8 Å². The van der Waals surface area contributed by atoms with Crippen molar-refractivity contribution in [2.24, 2.45) is 5.73 Å². The van der Waals surface area contributed by atoms with Gasteiger partial charge >= 0.3 is 0 Å². The summed E-state index contributed by atoms with van der Waals surface area (Å²) in [6, 6.07) is 6.99. The molecule has 4 nitrogen and oxygen atoms in total. The summed E-state index contributed by atoms with van der Waals surface area (Å²) < 4.78 is 1.61. The lowest BCUT2D eigenvalue weighted by atomic mass is 10.1. The zero-order chi connectivity index (χ0) is 11.7. The predicted molar refractivity (Wildman–Crippen MR) is 63.1 cm³/mol. The minimum atomic E-state index is -0.730. The standard InChI is InChI=1S/C12H10N2O2/c1-2-14-7-9(12(13)16)11(15)8-5-3-4-6-10(8)14/h2-7H,1H2,(H2,13,16). The van der Waals surface area contributed by atoms with Crippen molar-refractivity contribution in [1.29, 1.82) is 0 Å². The zero-order valence-corrected chi connectivity index (χ0v) is 8.51. The molecule has 16 heavy (non-hydrogen) atoms. The van der Waals surface area contributed by atoms with Crippen LogP contribution in [0, 0.1) is 0 Å². The molecule has 1 amide bonds. The van der Waals surface area contributed by atoms with Gasteiger partial charge in [0.2, 0.25) is 5.43 Å². The number of amides is 1. The SMILES string of the molecule is C=Cn1cc(C(N)=O)c(=O)c2ccccc21. The van der Waals surface area contributed by atoms with Gasteiger partial charge in [0.1, 0.15) is 5.56 Å². The number of para-hydroxylation sites is 1. The van der Waals surface area contributed by atoms with Gasteiger partial charge in [0, 0.05) is 17.8 Å². The first-order valence-corrected chi connectivity index (χ1v) is 4.71. The van der Waals surface area contributed by atoms with Gasteiger partial charge in [0.05, 0.1) is 5.52 Å². The van der Waals surface area contributed by atoms with Gasteiger partial charge < -0.3 is 10.3 Å². The molecule has 2 N–H and O–H groups in total. The number of aromatic nitrogens is 1. The molecular weight excluding hydrogens is 204 g/mol. The van der Waals surface area contributed by atoms with Crippen LogP contribution in [0.25, 0.3) is 17.1 Å². The van der Waals surface area contributed by atoms with Gasteiger partial charge in [0.25, 0.3) is 5.91 Å². The first kappa shape index (κ1) is 10.2. The number of rotatable bonds is 2. The fourth-order valence-electron chi connectivity index (χ4n) is 1.63. The molecule has 0 bridgehead atoms. The number of nitrogens with two attached hydrogens (primary N) is 1. The van der Waals surface area contributed by atoms with Crippen LogP contribution in [-0.4, -0.2) is 10.5 Å². The number of hydrogen-bond acceptors (Lipinski definition) is 2. The number of hydrogen-bond donors (Lipinski definition) is 1. The smallest absolute Gasteiger partial charge is 0.254 e. The van der Waals surface area contributed by atoms with Crippen LogP contribution >= 0.6 is 0 Å². The number of carbonyl (C=O) groups is 1. The van der Waals surface area contributed by atoms with Crippen LogP contribution in [0.4, 0.5) is 0 Å². The van der Waals surface area contributed by atoms with Crippen molar-refractivity contribution in [2.75, 3.05) is 0 Å². The second-order valence-electron chi connectivity index (χ2n) is 3.34. The Kier molecular flexibility index (Phi) is 2.32. The van der Waals surface area contributed by atoms with Gasteiger partial charge in [0.15, 0.2) is 0 Å². The highest BCUT2D eigenvalue weighted by molar-refractivity contribution is 5.96. The summed E-state index contributed by atoms with van der Waals surface area (Å²) in [6.07, 6.45) is 2.92. The van der Waals surface area contributed by atoms with Gasteiger partial charge in [-0.25, -0.2) is 0 Å². The van der Waals surface area contributed by atoms with E-state index in [2.05, 4.69) is 6.58 Å².